The molecule has 4 nitrogen and oxygen atoms in total. The Morgan fingerprint density at radius 1 is 1.14 bits per heavy atom. The molecule has 1 aliphatic rings. The summed E-state index contributed by atoms with van der Waals surface area (Å²) in [5.41, 5.74) is 5.44. The van der Waals surface area contributed by atoms with E-state index in [1.54, 1.807) is 0 Å². The van der Waals surface area contributed by atoms with Gasteiger partial charge in [-0.25, -0.2) is 0 Å². The maximum atomic E-state index is 11.3. The van der Waals surface area contributed by atoms with Gasteiger partial charge in [0.15, 0.2) is 6.61 Å². The summed E-state index contributed by atoms with van der Waals surface area (Å²) in [5, 5.41) is 6.19. The fourth-order valence-electron chi connectivity index (χ4n) is 2.57. The van der Waals surface area contributed by atoms with Gasteiger partial charge in [0.05, 0.1) is 5.69 Å². The van der Waals surface area contributed by atoms with Crippen LogP contribution in [0, 0.1) is 13.8 Å². The Labute approximate surface area is 124 Å². The van der Waals surface area contributed by atoms with Crippen LogP contribution in [0.5, 0.6) is 5.75 Å². The smallest absolute Gasteiger partial charge is 0.262 e. The molecule has 3 rings (SSSR count). The van der Waals surface area contributed by atoms with E-state index < -0.39 is 0 Å². The van der Waals surface area contributed by atoms with Crippen LogP contribution in [0.4, 0.5) is 11.4 Å². The Morgan fingerprint density at radius 3 is 2.67 bits per heavy atom. The van der Waals surface area contributed by atoms with Crippen molar-refractivity contribution in [1.29, 1.82) is 0 Å². The van der Waals surface area contributed by atoms with E-state index in [9.17, 15) is 4.79 Å². The van der Waals surface area contributed by atoms with Crippen molar-refractivity contribution < 1.29 is 9.53 Å². The van der Waals surface area contributed by atoms with Crippen LogP contribution in [0.1, 0.15) is 16.7 Å². The molecular formula is C17H18N2O2. The number of carbonyl (C=O) groups excluding carboxylic acids is 1. The summed E-state index contributed by atoms with van der Waals surface area (Å²) in [6.07, 6.45) is 0. The fourth-order valence-corrected chi connectivity index (χ4v) is 2.57. The molecule has 1 aliphatic heterocycles. The van der Waals surface area contributed by atoms with E-state index in [1.807, 2.05) is 18.2 Å². The van der Waals surface area contributed by atoms with Gasteiger partial charge in [-0.3, -0.25) is 4.79 Å². The molecule has 2 aromatic carbocycles. The zero-order valence-corrected chi connectivity index (χ0v) is 12.2. The minimum absolute atomic E-state index is 0.0857. The lowest BCUT2D eigenvalue weighted by atomic mass is 10.1. The average molecular weight is 282 g/mol. The molecule has 0 atom stereocenters. The van der Waals surface area contributed by atoms with Crippen LogP contribution in [0.3, 0.4) is 0 Å². The van der Waals surface area contributed by atoms with Crippen molar-refractivity contribution in [3.63, 3.8) is 0 Å². The van der Waals surface area contributed by atoms with Gasteiger partial charge in [0.1, 0.15) is 5.75 Å². The molecule has 0 saturated heterocycles. The third kappa shape index (κ3) is 3.16. The standard InChI is InChI=1S/C17H18N2O2/c1-11-5-12(2)7-13(6-11)9-18-14-3-4-16-15(8-14)19-17(20)10-21-16/h3-8,18H,9-10H2,1-2H3,(H,19,20). The number of rotatable bonds is 3. The summed E-state index contributed by atoms with van der Waals surface area (Å²) in [6, 6.07) is 12.2. The number of amides is 1. The maximum absolute atomic E-state index is 11.3. The van der Waals surface area contributed by atoms with Crippen molar-refractivity contribution in [3.8, 4) is 5.75 Å². The van der Waals surface area contributed by atoms with Gasteiger partial charge >= 0.3 is 0 Å². The quantitative estimate of drug-likeness (QED) is 0.908. The number of carbonyl (C=O) groups is 1. The molecule has 21 heavy (non-hydrogen) atoms. The zero-order chi connectivity index (χ0) is 14.8. The van der Waals surface area contributed by atoms with Gasteiger partial charge < -0.3 is 15.4 Å². The number of ether oxygens (including phenoxy) is 1. The molecule has 0 radical (unpaired) electrons. The molecule has 0 saturated carbocycles. The topological polar surface area (TPSA) is 50.4 Å². The summed E-state index contributed by atoms with van der Waals surface area (Å²) < 4.78 is 5.35. The maximum Gasteiger partial charge on any atom is 0.262 e. The molecule has 4 heteroatoms. The van der Waals surface area contributed by atoms with Gasteiger partial charge in [-0.2, -0.15) is 0 Å². The average Bonchev–Trinajstić information content (AvgIpc) is 2.43. The van der Waals surface area contributed by atoms with E-state index in [1.165, 1.54) is 16.7 Å². The van der Waals surface area contributed by atoms with Gasteiger partial charge in [-0.15, -0.1) is 0 Å². The predicted molar refractivity (Wildman–Crippen MR) is 83.8 cm³/mol. The molecule has 0 aromatic heterocycles. The van der Waals surface area contributed by atoms with Crippen molar-refractivity contribution in [3.05, 3.63) is 53.1 Å². The van der Waals surface area contributed by atoms with Crippen molar-refractivity contribution in [2.24, 2.45) is 0 Å². The van der Waals surface area contributed by atoms with E-state index in [4.69, 9.17) is 4.74 Å². The summed E-state index contributed by atoms with van der Waals surface area (Å²) in [6.45, 7) is 5.03. The largest absolute Gasteiger partial charge is 0.482 e. The van der Waals surface area contributed by atoms with E-state index in [0.717, 1.165) is 17.9 Å². The van der Waals surface area contributed by atoms with Crippen LogP contribution < -0.4 is 15.4 Å². The first kappa shape index (κ1) is 13.5. The van der Waals surface area contributed by atoms with Gasteiger partial charge in [0, 0.05) is 12.2 Å². The second-order valence-corrected chi connectivity index (χ2v) is 5.40. The summed E-state index contributed by atoms with van der Waals surface area (Å²) in [5.74, 6) is 0.598. The van der Waals surface area contributed by atoms with E-state index in [2.05, 4.69) is 42.7 Å². The highest BCUT2D eigenvalue weighted by molar-refractivity contribution is 5.96. The van der Waals surface area contributed by atoms with Crippen LogP contribution in [0.15, 0.2) is 36.4 Å². The fraction of sp³-hybridized carbons (Fsp3) is 0.235. The number of nitrogens with one attached hydrogen (secondary N) is 2. The Morgan fingerprint density at radius 2 is 1.90 bits per heavy atom. The molecule has 0 fully saturated rings. The van der Waals surface area contributed by atoms with Crippen molar-refractivity contribution in [1.82, 2.24) is 0 Å². The first-order valence-electron chi connectivity index (χ1n) is 6.98. The third-order valence-corrected chi connectivity index (χ3v) is 3.39. The van der Waals surface area contributed by atoms with Gasteiger partial charge in [-0.1, -0.05) is 29.3 Å². The van der Waals surface area contributed by atoms with Crippen LogP contribution in [-0.4, -0.2) is 12.5 Å². The normalized spacial score (nSPS) is 13.1. The highest BCUT2D eigenvalue weighted by Gasteiger charge is 2.15. The summed E-state index contributed by atoms with van der Waals surface area (Å²) in [4.78, 5) is 11.3. The van der Waals surface area contributed by atoms with Crippen molar-refractivity contribution >= 4 is 17.3 Å². The molecule has 2 N–H and O–H groups in total. The number of hydrogen-bond acceptors (Lipinski definition) is 3. The van der Waals surface area contributed by atoms with E-state index >= 15 is 0 Å². The van der Waals surface area contributed by atoms with Crippen LogP contribution in [0.2, 0.25) is 0 Å². The number of benzene rings is 2. The second-order valence-electron chi connectivity index (χ2n) is 5.40. The molecule has 0 unspecified atom stereocenters. The first-order chi connectivity index (χ1) is 10.1. The van der Waals surface area contributed by atoms with Gasteiger partial charge in [-0.05, 0) is 37.6 Å². The van der Waals surface area contributed by atoms with E-state index in [0.29, 0.717) is 5.75 Å². The monoisotopic (exact) mass is 282 g/mol. The Hall–Kier alpha value is -2.49. The SMILES string of the molecule is Cc1cc(C)cc(CNc2ccc3c(c2)NC(=O)CO3)c1. The molecule has 2 aromatic rings. The van der Waals surface area contributed by atoms with Gasteiger partial charge in [0.2, 0.25) is 0 Å². The molecule has 0 bridgehead atoms. The molecule has 108 valence electrons. The van der Waals surface area contributed by atoms with Crippen LogP contribution in [0.25, 0.3) is 0 Å². The second kappa shape index (κ2) is 5.48. The molecule has 1 amide bonds. The zero-order valence-electron chi connectivity index (χ0n) is 12.2. The number of fused-ring (bicyclic) bond motifs is 1. The van der Waals surface area contributed by atoms with E-state index in [-0.39, 0.29) is 12.5 Å². The lowest BCUT2D eigenvalue weighted by Crippen LogP contribution is -2.25. The lowest BCUT2D eigenvalue weighted by Gasteiger charge is -2.19. The highest BCUT2D eigenvalue weighted by Crippen LogP contribution is 2.30. The number of anilines is 2. The van der Waals surface area contributed by atoms with Crippen LogP contribution in [-0.2, 0) is 11.3 Å². The third-order valence-electron chi connectivity index (χ3n) is 3.39. The first-order valence-corrected chi connectivity index (χ1v) is 6.98. The molecule has 0 spiro atoms. The minimum Gasteiger partial charge on any atom is -0.482 e. The summed E-state index contributed by atoms with van der Waals surface area (Å²) >= 11 is 0. The van der Waals surface area contributed by atoms with Gasteiger partial charge in [0.25, 0.3) is 5.91 Å². The predicted octanol–water partition coefficient (Wildman–Crippen LogP) is 3.25. The van der Waals surface area contributed by atoms with Crippen molar-refractivity contribution in [2.45, 2.75) is 20.4 Å². The Balaban J connectivity index is 1.73. The molecule has 1 heterocycles. The molecular weight excluding hydrogens is 264 g/mol. The van der Waals surface area contributed by atoms with Crippen molar-refractivity contribution in [2.75, 3.05) is 17.2 Å². The lowest BCUT2D eigenvalue weighted by molar-refractivity contribution is -0.118. The minimum atomic E-state index is -0.117. The number of hydrogen-bond donors (Lipinski definition) is 2. The Bertz CT molecular complexity index is 675. The van der Waals surface area contributed by atoms with Crippen LogP contribution >= 0.6 is 0 Å². The summed E-state index contributed by atoms with van der Waals surface area (Å²) in [7, 11) is 0. The molecule has 0 aliphatic carbocycles. The number of aryl methyl sites for hydroxylation is 2. The highest BCUT2D eigenvalue weighted by atomic mass is 16.5. The Kier molecular flexibility index (Phi) is 3.52.